The van der Waals surface area contributed by atoms with Crippen LogP contribution in [0.1, 0.15) is 25.7 Å². The molecular formula is C17H25ClN2O3S. The van der Waals surface area contributed by atoms with Crippen molar-refractivity contribution in [3.63, 3.8) is 0 Å². The number of thioether (sulfide) groups is 1. The van der Waals surface area contributed by atoms with Crippen molar-refractivity contribution in [1.29, 1.82) is 0 Å². The average molecular weight is 373 g/mol. The lowest BCUT2D eigenvalue weighted by Crippen LogP contribution is -2.45. The minimum atomic E-state index is 0. The van der Waals surface area contributed by atoms with E-state index in [1.807, 2.05) is 18.2 Å². The standard InChI is InChI=1S/C17H24N2O3S.ClH/c20-17(19-13-3-1-7-18-12-13)6-10-23-14-4-5-15-16(11-14)22-9-2-8-21-15;/h4-5,11,13,18H,1-3,6-10,12H2,(H,19,20);1H. The number of ether oxygens (including phenoxy) is 2. The van der Waals surface area contributed by atoms with Crippen LogP contribution in [0.4, 0.5) is 0 Å². The maximum atomic E-state index is 12.0. The lowest BCUT2D eigenvalue weighted by atomic mass is 10.1. The second-order valence-corrected chi connectivity index (χ2v) is 7.04. The minimum Gasteiger partial charge on any atom is -0.490 e. The number of piperidine rings is 1. The normalized spacial score (nSPS) is 19.8. The molecule has 0 radical (unpaired) electrons. The van der Waals surface area contributed by atoms with Gasteiger partial charge in [0.1, 0.15) is 0 Å². The predicted molar refractivity (Wildman–Crippen MR) is 98.7 cm³/mol. The van der Waals surface area contributed by atoms with E-state index in [0.717, 1.165) is 54.5 Å². The van der Waals surface area contributed by atoms with Crippen LogP contribution in [0, 0.1) is 0 Å². The summed E-state index contributed by atoms with van der Waals surface area (Å²) in [5.74, 6) is 2.53. The third kappa shape index (κ3) is 5.76. The highest BCUT2D eigenvalue weighted by atomic mass is 35.5. The Kier molecular flexibility index (Phi) is 8.02. The average Bonchev–Trinajstić information content (AvgIpc) is 2.80. The van der Waals surface area contributed by atoms with Gasteiger partial charge in [0.05, 0.1) is 13.2 Å². The van der Waals surface area contributed by atoms with Crippen LogP contribution < -0.4 is 20.1 Å². The highest BCUT2D eigenvalue weighted by molar-refractivity contribution is 7.99. The molecule has 0 saturated carbocycles. The van der Waals surface area contributed by atoms with Crippen molar-refractivity contribution in [2.24, 2.45) is 0 Å². The van der Waals surface area contributed by atoms with Crippen LogP contribution in [0.3, 0.4) is 0 Å². The molecular weight excluding hydrogens is 348 g/mol. The Balaban J connectivity index is 0.00000208. The summed E-state index contributed by atoms with van der Waals surface area (Å²) in [6.45, 7) is 3.35. The van der Waals surface area contributed by atoms with Crippen LogP contribution in [0.25, 0.3) is 0 Å². The topological polar surface area (TPSA) is 59.6 Å². The highest BCUT2D eigenvalue weighted by Crippen LogP contribution is 2.33. The summed E-state index contributed by atoms with van der Waals surface area (Å²) in [5.41, 5.74) is 0. The van der Waals surface area contributed by atoms with Crippen LogP contribution in [-0.4, -0.2) is 44.0 Å². The van der Waals surface area contributed by atoms with Gasteiger partial charge in [-0.25, -0.2) is 0 Å². The molecule has 2 aliphatic rings. The summed E-state index contributed by atoms with van der Waals surface area (Å²) < 4.78 is 11.3. The predicted octanol–water partition coefficient (Wildman–Crippen LogP) is 2.62. The molecule has 2 aliphatic heterocycles. The van der Waals surface area contributed by atoms with Gasteiger partial charge in [-0.3, -0.25) is 4.79 Å². The number of halogens is 1. The monoisotopic (exact) mass is 372 g/mol. The molecule has 1 saturated heterocycles. The van der Waals surface area contributed by atoms with Gasteiger partial charge in [-0.2, -0.15) is 0 Å². The maximum Gasteiger partial charge on any atom is 0.221 e. The number of benzene rings is 1. The molecule has 1 amide bonds. The zero-order chi connectivity index (χ0) is 15.9. The molecule has 1 unspecified atom stereocenters. The van der Waals surface area contributed by atoms with Crippen molar-refractivity contribution in [3.8, 4) is 11.5 Å². The number of amides is 1. The fourth-order valence-corrected chi connectivity index (χ4v) is 3.65. The molecule has 134 valence electrons. The first-order valence-corrected chi connectivity index (χ1v) is 9.32. The number of hydrogen-bond donors (Lipinski definition) is 2. The van der Waals surface area contributed by atoms with Gasteiger partial charge in [-0.15, -0.1) is 24.2 Å². The van der Waals surface area contributed by atoms with Gasteiger partial charge in [-0.05, 0) is 37.6 Å². The van der Waals surface area contributed by atoms with E-state index in [1.54, 1.807) is 11.8 Å². The zero-order valence-corrected chi connectivity index (χ0v) is 15.3. The van der Waals surface area contributed by atoms with Crippen molar-refractivity contribution in [2.45, 2.75) is 36.6 Å². The van der Waals surface area contributed by atoms with E-state index >= 15 is 0 Å². The Morgan fingerprint density at radius 2 is 2.08 bits per heavy atom. The molecule has 7 heteroatoms. The van der Waals surface area contributed by atoms with E-state index in [9.17, 15) is 4.79 Å². The Bertz CT molecular complexity index is 539. The molecule has 0 bridgehead atoms. The molecule has 3 rings (SSSR count). The van der Waals surface area contributed by atoms with E-state index in [4.69, 9.17) is 9.47 Å². The molecule has 1 aromatic carbocycles. The van der Waals surface area contributed by atoms with Gasteiger partial charge in [0.15, 0.2) is 11.5 Å². The third-order valence-corrected chi connectivity index (χ3v) is 4.97. The third-order valence-electron chi connectivity index (χ3n) is 3.98. The fraction of sp³-hybridized carbons (Fsp3) is 0.588. The second kappa shape index (κ2) is 10.0. The van der Waals surface area contributed by atoms with Gasteiger partial charge < -0.3 is 20.1 Å². The van der Waals surface area contributed by atoms with Gasteiger partial charge in [0.2, 0.25) is 5.91 Å². The Morgan fingerprint density at radius 3 is 2.88 bits per heavy atom. The van der Waals surface area contributed by atoms with Gasteiger partial charge >= 0.3 is 0 Å². The molecule has 1 aromatic rings. The SMILES string of the molecule is Cl.O=C(CCSc1ccc2c(c1)OCCCO2)NC1CCCNC1. The van der Waals surface area contributed by atoms with E-state index < -0.39 is 0 Å². The van der Waals surface area contributed by atoms with Gasteiger partial charge in [0.25, 0.3) is 0 Å². The number of hydrogen-bond acceptors (Lipinski definition) is 5. The highest BCUT2D eigenvalue weighted by Gasteiger charge is 2.15. The molecule has 5 nitrogen and oxygen atoms in total. The summed E-state index contributed by atoms with van der Waals surface area (Å²) in [4.78, 5) is 13.1. The molecule has 0 aromatic heterocycles. The van der Waals surface area contributed by atoms with Crippen LogP contribution in [0.5, 0.6) is 11.5 Å². The van der Waals surface area contributed by atoms with Crippen molar-refractivity contribution in [3.05, 3.63) is 18.2 Å². The van der Waals surface area contributed by atoms with Gasteiger partial charge in [0, 0.05) is 36.1 Å². The molecule has 0 spiro atoms. The minimum absolute atomic E-state index is 0. The summed E-state index contributed by atoms with van der Waals surface area (Å²) in [5, 5.41) is 6.41. The fourth-order valence-electron chi connectivity index (χ4n) is 2.77. The molecule has 2 heterocycles. The Labute approximate surface area is 153 Å². The number of carbonyl (C=O) groups excluding carboxylic acids is 1. The van der Waals surface area contributed by atoms with Crippen LogP contribution in [0.15, 0.2) is 23.1 Å². The number of nitrogens with one attached hydrogen (secondary N) is 2. The number of carbonyl (C=O) groups is 1. The smallest absolute Gasteiger partial charge is 0.221 e. The van der Waals surface area contributed by atoms with E-state index in [-0.39, 0.29) is 18.3 Å². The van der Waals surface area contributed by atoms with E-state index in [2.05, 4.69) is 10.6 Å². The van der Waals surface area contributed by atoms with Crippen LogP contribution >= 0.6 is 24.2 Å². The van der Waals surface area contributed by atoms with Crippen molar-refractivity contribution in [2.75, 3.05) is 32.1 Å². The molecule has 2 N–H and O–H groups in total. The Morgan fingerprint density at radius 1 is 1.25 bits per heavy atom. The zero-order valence-electron chi connectivity index (χ0n) is 13.7. The first-order valence-electron chi connectivity index (χ1n) is 8.34. The first kappa shape index (κ1) is 19.2. The number of rotatable bonds is 5. The summed E-state index contributed by atoms with van der Waals surface area (Å²) >= 11 is 1.68. The van der Waals surface area contributed by atoms with Crippen LogP contribution in [-0.2, 0) is 4.79 Å². The molecule has 0 aliphatic carbocycles. The summed E-state index contributed by atoms with van der Waals surface area (Å²) in [6.07, 6.45) is 3.66. The summed E-state index contributed by atoms with van der Waals surface area (Å²) in [6, 6.07) is 6.28. The van der Waals surface area contributed by atoms with Crippen molar-refractivity contribution in [1.82, 2.24) is 10.6 Å². The number of fused-ring (bicyclic) bond motifs is 1. The van der Waals surface area contributed by atoms with E-state index in [1.165, 1.54) is 0 Å². The molecule has 1 fully saturated rings. The van der Waals surface area contributed by atoms with E-state index in [0.29, 0.717) is 25.7 Å². The second-order valence-electron chi connectivity index (χ2n) is 5.87. The quantitative estimate of drug-likeness (QED) is 0.778. The van der Waals surface area contributed by atoms with Crippen molar-refractivity contribution < 1.29 is 14.3 Å². The first-order chi connectivity index (χ1) is 11.3. The lowest BCUT2D eigenvalue weighted by Gasteiger charge is -2.23. The summed E-state index contributed by atoms with van der Waals surface area (Å²) in [7, 11) is 0. The van der Waals surface area contributed by atoms with Crippen molar-refractivity contribution >= 4 is 30.1 Å². The maximum absolute atomic E-state index is 12.0. The van der Waals surface area contributed by atoms with Crippen LogP contribution in [0.2, 0.25) is 0 Å². The molecule has 1 atom stereocenters. The lowest BCUT2D eigenvalue weighted by molar-refractivity contribution is -0.121. The van der Waals surface area contributed by atoms with Gasteiger partial charge in [-0.1, -0.05) is 0 Å². The Hall–Kier alpha value is -1.11. The molecule has 24 heavy (non-hydrogen) atoms. The largest absolute Gasteiger partial charge is 0.490 e.